The molecule has 51 heavy (non-hydrogen) atoms. The first kappa shape index (κ1) is 43.2. The lowest BCUT2D eigenvalue weighted by molar-refractivity contribution is -0.337. The minimum absolute atomic E-state index is 0.0451. The number of hydrogen-bond donors (Lipinski definition) is 7. The molecule has 22 heteroatoms. The molecule has 0 aliphatic carbocycles. The number of aromatic amines is 1. The monoisotopic (exact) mass is 759 g/mol. The number of nitrogens with zero attached hydrogens (tertiary/aromatic N) is 4. The van der Waals surface area contributed by atoms with Crippen molar-refractivity contribution in [3.63, 3.8) is 0 Å². The number of fused-ring (bicyclic) bond motifs is 1. The van der Waals surface area contributed by atoms with E-state index in [9.17, 15) is 22.8 Å². The number of aryl methyl sites for hydroxylation is 2. The molecular weight excluding hydrogens is 713 g/mol. The fraction of sp³-hybridized carbons (Fsp3) is 0.552. The van der Waals surface area contributed by atoms with Crippen LogP contribution in [0.25, 0.3) is 22.4 Å². The number of amides is 2. The highest BCUT2D eigenvalue weighted by Gasteiger charge is 2.32. The Morgan fingerprint density at radius 2 is 1.82 bits per heavy atom. The van der Waals surface area contributed by atoms with E-state index >= 15 is 0 Å². The number of carbonyl (C=O) groups is 2. The number of carbonyl (C=O) groups excluding carboxylic acids is 1. The summed E-state index contributed by atoms with van der Waals surface area (Å²) >= 11 is 0. The summed E-state index contributed by atoms with van der Waals surface area (Å²) in [5.74, 6) is -0.327. The molecule has 0 bridgehead atoms. The van der Waals surface area contributed by atoms with E-state index in [0.29, 0.717) is 67.8 Å². The summed E-state index contributed by atoms with van der Waals surface area (Å²) in [5, 5.41) is 18.5. The maximum Gasteiger partial charge on any atom is 0.320 e. The number of aliphatic carboxylic acids is 1. The summed E-state index contributed by atoms with van der Waals surface area (Å²) < 4.78 is 44.5. The fourth-order valence-electron chi connectivity index (χ4n) is 5.19. The number of phosphoric acid groups is 1. The molecule has 1 aliphatic rings. The number of ether oxygens (including phenoxy) is 1. The number of rotatable bonds is 12. The van der Waals surface area contributed by atoms with Crippen LogP contribution in [0.4, 0.5) is 4.79 Å². The number of H-pyrrole nitrogens is 1. The highest BCUT2D eigenvalue weighted by Crippen LogP contribution is 2.32. The minimum atomic E-state index is -5.14. The maximum absolute atomic E-state index is 13.5. The van der Waals surface area contributed by atoms with Crippen molar-refractivity contribution >= 4 is 40.9 Å². The van der Waals surface area contributed by atoms with Crippen LogP contribution < -0.4 is 42.2 Å². The molecule has 1 aliphatic heterocycles. The third-order valence-corrected chi connectivity index (χ3v) is 9.05. The average Bonchev–Trinajstić information content (AvgIpc) is 3.33. The van der Waals surface area contributed by atoms with Gasteiger partial charge in [-0.15, -0.1) is 0 Å². The second kappa shape index (κ2) is 19.0. The summed E-state index contributed by atoms with van der Waals surface area (Å²) in [5.41, 5.74) is 11.7. The van der Waals surface area contributed by atoms with Gasteiger partial charge in [0.1, 0.15) is 23.1 Å². The van der Waals surface area contributed by atoms with Gasteiger partial charge in [0.2, 0.25) is 10.0 Å². The smallest absolute Gasteiger partial charge is 0.320 e. The largest absolute Gasteiger partial charge is 0.790 e. The van der Waals surface area contributed by atoms with Crippen LogP contribution in [0.15, 0.2) is 27.9 Å². The van der Waals surface area contributed by atoms with Crippen molar-refractivity contribution in [1.29, 1.82) is 0 Å². The number of sulfonamides is 1. The summed E-state index contributed by atoms with van der Waals surface area (Å²) in [4.78, 5) is 65.2. The Labute approximate surface area is 294 Å². The molecule has 1 unspecified atom stereocenters. The van der Waals surface area contributed by atoms with Crippen molar-refractivity contribution in [3.8, 4) is 17.1 Å². The molecule has 1 aromatic carbocycles. The average molecular weight is 760 g/mol. The molecule has 286 valence electrons. The number of nitrogens with two attached hydrogens (primary N) is 2. The molecule has 20 nitrogen and oxygen atoms in total. The van der Waals surface area contributed by atoms with Crippen LogP contribution >= 0.6 is 7.82 Å². The van der Waals surface area contributed by atoms with Crippen LogP contribution in [-0.2, 0) is 32.9 Å². The number of aromatic nitrogens is 4. The topological polar surface area (TPSA) is 324 Å². The molecule has 0 saturated carbocycles. The lowest BCUT2D eigenvalue weighted by Gasteiger charge is -2.35. The second-order valence-corrected chi connectivity index (χ2v) is 14.5. The normalized spacial score (nSPS) is 17.0. The van der Waals surface area contributed by atoms with E-state index in [4.69, 9.17) is 45.5 Å². The van der Waals surface area contributed by atoms with Gasteiger partial charge < -0.3 is 56.2 Å². The number of carboxylic acids is 1. The Morgan fingerprint density at radius 1 is 1.22 bits per heavy atom. The lowest BCUT2D eigenvalue weighted by atomic mass is 10.1. The molecule has 2 amide bonds. The Balaban J connectivity index is 0.000000441. The molecule has 3 aromatic rings. The first-order chi connectivity index (χ1) is 23.7. The van der Waals surface area contributed by atoms with Crippen LogP contribution in [0.3, 0.4) is 0 Å². The van der Waals surface area contributed by atoms with E-state index in [2.05, 4.69) is 20.7 Å². The van der Waals surface area contributed by atoms with E-state index in [0.717, 1.165) is 12.1 Å². The van der Waals surface area contributed by atoms with Gasteiger partial charge in [0.05, 0.1) is 30.6 Å². The van der Waals surface area contributed by atoms with Crippen LogP contribution in [-0.4, -0.2) is 98.8 Å². The predicted molar refractivity (Wildman–Crippen MR) is 183 cm³/mol. The Hall–Kier alpha value is -3.95. The van der Waals surface area contributed by atoms with Gasteiger partial charge in [-0.3, -0.25) is 14.3 Å². The van der Waals surface area contributed by atoms with Crippen LogP contribution in [0.5, 0.6) is 5.75 Å². The summed E-state index contributed by atoms with van der Waals surface area (Å²) in [6.45, 7) is 9.31. The van der Waals surface area contributed by atoms with Crippen molar-refractivity contribution in [2.24, 2.45) is 18.5 Å². The van der Waals surface area contributed by atoms with E-state index in [1.807, 2.05) is 27.7 Å². The Morgan fingerprint density at radius 3 is 2.35 bits per heavy atom. The first-order valence-electron chi connectivity index (χ1n) is 15.9. The molecule has 3 atom stereocenters. The van der Waals surface area contributed by atoms with E-state index in [-0.39, 0.29) is 28.4 Å². The van der Waals surface area contributed by atoms with Gasteiger partial charge in [-0.1, -0.05) is 13.3 Å². The van der Waals surface area contributed by atoms with Gasteiger partial charge >= 0.3 is 12.0 Å². The SMILES string of the molecule is CCCc1nn(C)c2c(=O)[nH]c(-c3cc(S(=O)(=O)N4C[C@@H](C)N[C@@H](C)C4)ccc3OCC)nc12.NC(=O)NCCCC(N)C(=O)O.O=P([O-])([O-])O. The van der Waals surface area contributed by atoms with Crippen LogP contribution in [0.2, 0.25) is 0 Å². The van der Waals surface area contributed by atoms with E-state index in [1.165, 1.54) is 15.1 Å². The first-order valence-corrected chi connectivity index (χ1v) is 18.9. The van der Waals surface area contributed by atoms with E-state index in [1.54, 1.807) is 19.2 Å². The van der Waals surface area contributed by atoms with E-state index < -0.39 is 35.9 Å². The zero-order valence-electron chi connectivity index (χ0n) is 29.0. The van der Waals surface area contributed by atoms with Gasteiger partial charge in [-0.05, 0) is 58.2 Å². The van der Waals surface area contributed by atoms with Crippen LogP contribution in [0, 0.1) is 0 Å². The predicted octanol–water partition coefficient (Wildman–Crippen LogP) is -1.30. The second-order valence-electron chi connectivity index (χ2n) is 11.7. The highest BCUT2D eigenvalue weighted by molar-refractivity contribution is 7.89. The van der Waals surface area contributed by atoms with Crippen molar-refractivity contribution in [2.45, 2.75) is 76.4 Å². The quantitative estimate of drug-likeness (QED) is 0.0834. The van der Waals surface area contributed by atoms with Gasteiger partial charge in [-0.25, -0.2) is 18.2 Å². The third kappa shape index (κ3) is 13.3. The van der Waals surface area contributed by atoms with Crippen molar-refractivity contribution in [1.82, 2.24) is 34.7 Å². The molecule has 2 aromatic heterocycles. The molecule has 1 fully saturated rings. The number of benzene rings is 1. The molecule has 1 saturated heterocycles. The fourth-order valence-corrected chi connectivity index (χ4v) is 6.84. The summed E-state index contributed by atoms with van der Waals surface area (Å²) in [7, 11) is -7.18. The Kier molecular flexibility index (Phi) is 16.1. The number of carboxylic acid groups (broad SMARTS) is 1. The molecule has 3 heterocycles. The van der Waals surface area contributed by atoms with Gasteiger partial charge in [-0.2, -0.15) is 9.40 Å². The van der Waals surface area contributed by atoms with Crippen molar-refractivity contribution in [3.05, 3.63) is 34.2 Å². The molecular formula is C29H46N9O11PS-2. The summed E-state index contributed by atoms with van der Waals surface area (Å²) in [6.07, 6.45) is 2.38. The molecule has 0 spiro atoms. The number of nitrogens with one attached hydrogen (secondary N) is 3. The van der Waals surface area contributed by atoms with Gasteiger partial charge in [0.25, 0.3) is 5.56 Å². The molecule has 4 rings (SSSR count). The number of hydrogen-bond acceptors (Lipinski definition) is 13. The lowest BCUT2D eigenvalue weighted by Crippen LogP contribution is -2.55. The number of piperazine rings is 1. The van der Waals surface area contributed by atoms with Gasteiger partial charge in [0.15, 0.2) is 5.52 Å². The maximum atomic E-state index is 13.5. The highest BCUT2D eigenvalue weighted by atomic mass is 32.2. The minimum Gasteiger partial charge on any atom is -0.790 e. The number of urea groups is 1. The summed E-state index contributed by atoms with van der Waals surface area (Å²) in [6, 6.07) is 3.33. The number of primary amides is 1. The third-order valence-electron chi connectivity index (χ3n) is 7.23. The van der Waals surface area contributed by atoms with Crippen molar-refractivity contribution in [2.75, 3.05) is 26.2 Å². The zero-order valence-corrected chi connectivity index (χ0v) is 30.7. The Bertz CT molecular complexity index is 1850. The van der Waals surface area contributed by atoms with Crippen molar-refractivity contribution < 1.29 is 47.1 Å². The molecule has 0 radical (unpaired) electrons. The van der Waals surface area contributed by atoms with Gasteiger partial charge in [0, 0.05) is 38.8 Å². The van der Waals surface area contributed by atoms with Crippen LogP contribution in [0.1, 0.15) is 52.7 Å². The molecule has 9 N–H and O–H groups in total. The zero-order chi connectivity index (χ0) is 38.7. The standard InChI is InChI=1S/C23H32N6O4S.C6H13N3O3.H3O4P/c1-6-8-18-20-21(28(5)27-18)23(30)26-22(25-20)17-11-16(9-10-19(17)33-7-2)34(31,32)29-12-14(3)24-15(4)13-29;7-4(5(10)11)2-1-3-9-6(8)12;1-5(2,3)4/h9-11,14-15,24H,6-8,12-13H2,1-5H3,(H,25,26,30);4H,1-3,7H2,(H,10,11)(H3,8,9,12);(H3,1,2,3,4)/p-2/t14-,15+;;.